The molecule has 0 aromatic rings. The molecule has 24 heavy (non-hydrogen) atoms. The highest BCUT2D eigenvalue weighted by Crippen LogP contribution is 2.32. The van der Waals surface area contributed by atoms with Crippen molar-refractivity contribution < 1.29 is 44.5 Å². The van der Waals surface area contributed by atoms with Gasteiger partial charge in [0.1, 0.15) is 30.5 Å². The summed E-state index contributed by atoms with van der Waals surface area (Å²) in [6.07, 6.45) is -9.41. The van der Waals surface area contributed by atoms with Crippen LogP contribution in [0, 0.1) is 5.92 Å². The molecule has 0 spiro atoms. The van der Waals surface area contributed by atoms with Crippen molar-refractivity contribution in [2.45, 2.75) is 75.6 Å². The molecule has 0 aliphatic carbocycles. The molecule has 0 saturated carbocycles. The molecule has 5 N–H and O–H groups in total. The van der Waals surface area contributed by atoms with Crippen molar-refractivity contribution >= 4 is 0 Å². The number of aliphatic hydroxyl groups excluding tert-OH is 5. The van der Waals surface area contributed by atoms with Gasteiger partial charge in [-0.05, 0) is 13.3 Å². The predicted octanol–water partition coefficient (Wildman–Crippen LogP) is -2.05. The second-order valence-electron chi connectivity index (χ2n) is 6.31. The third-order valence-electron chi connectivity index (χ3n) is 4.83. The third kappa shape index (κ3) is 3.74. The molecule has 0 bridgehead atoms. The van der Waals surface area contributed by atoms with Crippen LogP contribution in [0.4, 0.5) is 0 Å². The van der Waals surface area contributed by atoms with Gasteiger partial charge in [0.25, 0.3) is 0 Å². The van der Waals surface area contributed by atoms with Gasteiger partial charge >= 0.3 is 0 Å². The van der Waals surface area contributed by atoms with E-state index in [1.54, 1.807) is 6.92 Å². The molecule has 2 fully saturated rings. The summed E-state index contributed by atoms with van der Waals surface area (Å²) in [5.41, 5.74) is 0. The van der Waals surface area contributed by atoms with Crippen LogP contribution in [-0.2, 0) is 18.9 Å². The van der Waals surface area contributed by atoms with Gasteiger partial charge in [-0.3, -0.25) is 0 Å². The molecule has 2 aliphatic rings. The number of hydrogen-bond donors (Lipinski definition) is 5. The summed E-state index contributed by atoms with van der Waals surface area (Å²) in [7, 11) is 1.30. The largest absolute Gasteiger partial charge is 0.394 e. The van der Waals surface area contributed by atoms with Gasteiger partial charge in [0.2, 0.25) is 0 Å². The SMILES string of the molecule is CC[C@H]1C(C)O[C@@H](O[C@H]2C(O)C(O)[C@@H](OC)O[C@H]2CO)C(O)[C@@H]1O. The standard InChI is InChI=1S/C15H28O9/c1-4-7-6(2)22-15(11(19)9(7)17)24-13-8(5-16)23-14(21-3)12(20)10(13)18/h6-20H,4-5H2,1-3H3/t6?,7-,8-,9+,10?,11?,12?,13+,14-,15-/m0/s1. The molecule has 2 saturated heterocycles. The fourth-order valence-electron chi connectivity index (χ4n) is 3.34. The van der Waals surface area contributed by atoms with E-state index < -0.39 is 55.8 Å². The molecule has 2 rings (SSSR count). The monoisotopic (exact) mass is 352 g/mol. The van der Waals surface area contributed by atoms with Crippen LogP contribution in [0.5, 0.6) is 0 Å². The summed E-state index contributed by atoms with van der Waals surface area (Å²) in [5.74, 6) is -0.246. The maximum Gasteiger partial charge on any atom is 0.186 e. The smallest absolute Gasteiger partial charge is 0.186 e. The Morgan fingerprint density at radius 1 is 0.917 bits per heavy atom. The number of hydrogen-bond acceptors (Lipinski definition) is 9. The van der Waals surface area contributed by atoms with Crippen molar-refractivity contribution in [1.82, 2.24) is 0 Å². The Hall–Kier alpha value is -0.360. The van der Waals surface area contributed by atoms with E-state index in [0.717, 1.165) is 0 Å². The first-order valence-corrected chi connectivity index (χ1v) is 8.17. The van der Waals surface area contributed by atoms with Crippen LogP contribution in [0.1, 0.15) is 20.3 Å². The molecule has 0 amide bonds. The summed E-state index contributed by atoms with van der Waals surface area (Å²) < 4.78 is 21.4. The Morgan fingerprint density at radius 2 is 1.54 bits per heavy atom. The van der Waals surface area contributed by atoms with Gasteiger partial charge in [-0.15, -0.1) is 0 Å². The maximum atomic E-state index is 10.2. The minimum atomic E-state index is -1.42. The van der Waals surface area contributed by atoms with Crippen molar-refractivity contribution in [2.75, 3.05) is 13.7 Å². The summed E-state index contributed by atoms with van der Waals surface area (Å²) in [4.78, 5) is 0. The Morgan fingerprint density at radius 3 is 2.08 bits per heavy atom. The quantitative estimate of drug-likeness (QED) is 0.378. The zero-order chi connectivity index (χ0) is 18.0. The van der Waals surface area contributed by atoms with Crippen LogP contribution < -0.4 is 0 Å². The van der Waals surface area contributed by atoms with Crippen molar-refractivity contribution in [2.24, 2.45) is 5.92 Å². The minimum Gasteiger partial charge on any atom is -0.394 e. The molecule has 9 heteroatoms. The van der Waals surface area contributed by atoms with Gasteiger partial charge in [0.15, 0.2) is 12.6 Å². The number of aliphatic hydroxyl groups is 5. The van der Waals surface area contributed by atoms with Crippen LogP contribution >= 0.6 is 0 Å². The van der Waals surface area contributed by atoms with Crippen molar-refractivity contribution in [1.29, 1.82) is 0 Å². The third-order valence-corrected chi connectivity index (χ3v) is 4.83. The van der Waals surface area contributed by atoms with Crippen LogP contribution in [-0.4, -0.2) is 94.6 Å². The Labute approximate surface area is 140 Å². The fourth-order valence-corrected chi connectivity index (χ4v) is 3.34. The molecular formula is C15H28O9. The molecule has 0 aromatic heterocycles. The zero-order valence-corrected chi connectivity index (χ0v) is 14.1. The molecule has 2 heterocycles. The van der Waals surface area contributed by atoms with Crippen LogP contribution in [0.15, 0.2) is 0 Å². The number of ether oxygens (including phenoxy) is 4. The van der Waals surface area contributed by atoms with Crippen molar-refractivity contribution in [3.8, 4) is 0 Å². The lowest BCUT2D eigenvalue weighted by atomic mass is 9.87. The molecule has 4 unspecified atom stereocenters. The highest BCUT2D eigenvalue weighted by Gasteiger charge is 2.49. The Kier molecular flexibility index (Phi) is 6.94. The predicted molar refractivity (Wildman–Crippen MR) is 79.8 cm³/mol. The van der Waals surface area contributed by atoms with Gasteiger partial charge in [-0.2, -0.15) is 0 Å². The van der Waals surface area contributed by atoms with Crippen LogP contribution in [0.2, 0.25) is 0 Å². The Bertz CT molecular complexity index is 393. The first kappa shape index (κ1) is 20.0. The molecule has 2 aliphatic heterocycles. The summed E-state index contributed by atoms with van der Waals surface area (Å²) >= 11 is 0. The van der Waals surface area contributed by atoms with E-state index in [1.807, 2.05) is 6.92 Å². The molecule has 10 atom stereocenters. The lowest BCUT2D eigenvalue weighted by Gasteiger charge is -2.46. The van der Waals surface area contributed by atoms with Crippen LogP contribution in [0.25, 0.3) is 0 Å². The normalized spacial score (nSPS) is 50.0. The van der Waals surface area contributed by atoms with E-state index in [2.05, 4.69) is 0 Å². The van der Waals surface area contributed by atoms with E-state index in [-0.39, 0.29) is 12.0 Å². The summed E-state index contributed by atoms with van der Waals surface area (Å²) in [6.45, 7) is 3.14. The minimum absolute atomic E-state index is 0.246. The van der Waals surface area contributed by atoms with Gasteiger partial charge in [-0.25, -0.2) is 0 Å². The van der Waals surface area contributed by atoms with Gasteiger partial charge in [0.05, 0.1) is 18.8 Å². The van der Waals surface area contributed by atoms with Gasteiger partial charge < -0.3 is 44.5 Å². The fraction of sp³-hybridized carbons (Fsp3) is 1.00. The maximum absolute atomic E-state index is 10.2. The van der Waals surface area contributed by atoms with E-state index >= 15 is 0 Å². The lowest BCUT2D eigenvalue weighted by Crippen LogP contribution is -2.63. The Balaban J connectivity index is 2.10. The highest BCUT2D eigenvalue weighted by molar-refractivity contribution is 4.93. The van der Waals surface area contributed by atoms with E-state index in [9.17, 15) is 25.5 Å². The van der Waals surface area contributed by atoms with Crippen LogP contribution in [0.3, 0.4) is 0 Å². The summed E-state index contributed by atoms with van der Waals surface area (Å²) in [5, 5.41) is 50.1. The number of methoxy groups -OCH3 is 1. The molecular weight excluding hydrogens is 324 g/mol. The van der Waals surface area contributed by atoms with Gasteiger partial charge in [0, 0.05) is 13.0 Å². The molecule has 9 nitrogen and oxygen atoms in total. The van der Waals surface area contributed by atoms with Gasteiger partial charge in [-0.1, -0.05) is 6.92 Å². The molecule has 0 radical (unpaired) electrons. The highest BCUT2D eigenvalue weighted by atomic mass is 16.7. The van der Waals surface area contributed by atoms with E-state index in [0.29, 0.717) is 6.42 Å². The second kappa shape index (κ2) is 8.35. The topological polar surface area (TPSA) is 138 Å². The molecule has 0 aromatic carbocycles. The number of rotatable bonds is 5. The first-order valence-electron chi connectivity index (χ1n) is 8.17. The van der Waals surface area contributed by atoms with Crippen molar-refractivity contribution in [3.05, 3.63) is 0 Å². The average Bonchev–Trinajstić information content (AvgIpc) is 2.57. The lowest BCUT2D eigenvalue weighted by molar-refractivity contribution is -0.351. The summed E-state index contributed by atoms with van der Waals surface area (Å²) in [6, 6.07) is 0. The van der Waals surface area contributed by atoms with E-state index in [4.69, 9.17) is 18.9 Å². The van der Waals surface area contributed by atoms with Crippen molar-refractivity contribution in [3.63, 3.8) is 0 Å². The second-order valence-corrected chi connectivity index (χ2v) is 6.31. The molecule has 142 valence electrons. The van der Waals surface area contributed by atoms with E-state index in [1.165, 1.54) is 7.11 Å². The zero-order valence-electron chi connectivity index (χ0n) is 14.1. The first-order chi connectivity index (χ1) is 11.3. The average molecular weight is 352 g/mol.